The van der Waals surface area contributed by atoms with Gasteiger partial charge in [0.1, 0.15) is 0 Å². The smallest absolute Gasteiger partial charge is 0.193 e. The molecule has 0 unspecified atom stereocenters. The summed E-state index contributed by atoms with van der Waals surface area (Å²) in [5, 5.41) is 3.46. The average molecular weight is 304 g/mol. The lowest BCUT2D eigenvalue weighted by atomic mass is 10.2. The molecule has 0 atom stereocenters. The predicted molar refractivity (Wildman–Crippen MR) is 96.3 cm³/mol. The summed E-state index contributed by atoms with van der Waals surface area (Å²) >= 11 is 0. The molecule has 1 N–H and O–H groups in total. The fourth-order valence-corrected chi connectivity index (χ4v) is 2.31. The normalized spacial score (nSPS) is 11.8. The molecule has 0 saturated heterocycles. The molecule has 0 aromatic heterocycles. The molecule has 0 aliphatic carbocycles. The quantitative estimate of drug-likeness (QED) is 0.432. The highest BCUT2D eigenvalue weighted by atomic mass is 15.3. The van der Waals surface area contributed by atoms with E-state index in [1.165, 1.54) is 24.9 Å². The van der Waals surface area contributed by atoms with Gasteiger partial charge in [0.2, 0.25) is 0 Å². The maximum absolute atomic E-state index is 4.68. The number of aliphatic imine (C=N–C) groups is 1. The topological polar surface area (TPSA) is 30.9 Å². The number of guanidine groups is 1. The molecule has 0 saturated carbocycles. The van der Waals surface area contributed by atoms with Gasteiger partial charge in [0.25, 0.3) is 0 Å². The van der Waals surface area contributed by atoms with E-state index < -0.39 is 0 Å². The maximum atomic E-state index is 4.68. The van der Waals surface area contributed by atoms with Gasteiger partial charge in [0.15, 0.2) is 5.96 Å². The molecule has 1 aromatic carbocycles. The van der Waals surface area contributed by atoms with Crippen LogP contribution < -0.4 is 5.32 Å². The lowest BCUT2D eigenvalue weighted by Crippen LogP contribution is -2.37. The summed E-state index contributed by atoms with van der Waals surface area (Å²) in [5.41, 5.74) is 1.24. The second kappa shape index (κ2) is 11.1. The molecule has 0 amide bonds. The second-order valence-corrected chi connectivity index (χ2v) is 5.68. The molecule has 0 aliphatic rings. The number of rotatable bonds is 9. The van der Waals surface area contributed by atoms with Crippen molar-refractivity contribution in [3.63, 3.8) is 0 Å². The number of hydrogen-bond acceptors (Lipinski definition) is 2. The summed E-state index contributed by atoms with van der Waals surface area (Å²) in [4.78, 5) is 9.20. The van der Waals surface area contributed by atoms with Gasteiger partial charge in [-0.05, 0) is 38.0 Å². The molecule has 4 nitrogen and oxygen atoms in total. The highest BCUT2D eigenvalue weighted by Crippen LogP contribution is 2.01. The van der Waals surface area contributed by atoms with E-state index in [2.05, 4.69) is 53.3 Å². The van der Waals surface area contributed by atoms with E-state index in [0.29, 0.717) is 0 Å². The summed E-state index contributed by atoms with van der Waals surface area (Å²) in [5.74, 6) is 0.965. The molecule has 0 spiro atoms. The summed E-state index contributed by atoms with van der Waals surface area (Å²) in [6, 6.07) is 10.4. The third-order valence-electron chi connectivity index (χ3n) is 3.76. The van der Waals surface area contributed by atoms with Crippen LogP contribution in [0.1, 0.15) is 32.3 Å². The van der Waals surface area contributed by atoms with Crippen LogP contribution >= 0.6 is 0 Å². The molecule has 124 valence electrons. The van der Waals surface area contributed by atoms with Crippen LogP contribution in [0.3, 0.4) is 0 Å². The third-order valence-corrected chi connectivity index (χ3v) is 3.76. The van der Waals surface area contributed by atoms with Crippen molar-refractivity contribution in [1.82, 2.24) is 15.1 Å². The van der Waals surface area contributed by atoms with E-state index in [1.54, 1.807) is 0 Å². The minimum absolute atomic E-state index is 0.723. The largest absolute Gasteiger partial charge is 0.356 e. The highest BCUT2D eigenvalue weighted by Gasteiger charge is 2.02. The molecule has 22 heavy (non-hydrogen) atoms. The van der Waals surface area contributed by atoms with E-state index >= 15 is 0 Å². The molecule has 4 heteroatoms. The van der Waals surface area contributed by atoms with Gasteiger partial charge in [-0.1, -0.05) is 44.2 Å². The molecule has 0 heterocycles. The minimum atomic E-state index is 0.723. The lowest BCUT2D eigenvalue weighted by molar-refractivity contribution is 0.297. The van der Waals surface area contributed by atoms with Crippen molar-refractivity contribution in [3.05, 3.63) is 35.9 Å². The van der Waals surface area contributed by atoms with Gasteiger partial charge < -0.3 is 15.1 Å². The Morgan fingerprint density at radius 2 is 1.73 bits per heavy atom. The van der Waals surface area contributed by atoms with Crippen molar-refractivity contribution in [2.75, 3.05) is 40.3 Å². The fraction of sp³-hybridized carbons (Fsp3) is 0.611. The number of hydrogen-bond donors (Lipinski definition) is 1. The Morgan fingerprint density at radius 1 is 1.05 bits per heavy atom. The number of nitrogens with one attached hydrogen (secondary N) is 1. The molecular weight excluding hydrogens is 272 g/mol. The summed E-state index contributed by atoms with van der Waals surface area (Å²) < 4.78 is 0. The standard InChI is InChI=1S/C18H32N4/c1-5-22(6-2)15-11-10-14-19-18(21(3)4)20-16-17-12-8-7-9-13-17/h7-9,12-13H,5-6,10-11,14-16H2,1-4H3,(H,19,20). The minimum Gasteiger partial charge on any atom is -0.356 e. The first kappa shape index (κ1) is 18.5. The lowest BCUT2D eigenvalue weighted by Gasteiger charge is -2.19. The Hall–Kier alpha value is -1.55. The molecule has 0 aliphatic heterocycles. The molecular formula is C18H32N4. The van der Waals surface area contributed by atoms with Gasteiger partial charge in [0.05, 0.1) is 6.54 Å². The van der Waals surface area contributed by atoms with Crippen molar-refractivity contribution >= 4 is 5.96 Å². The number of nitrogens with zero attached hydrogens (tertiary/aromatic N) is 3. The average Bonchev–Trinajstić information content (AvgIpc) is 2.54. The summed E-state index contributed by atoms with van der Waals surface area (Å²) in [7, 11) is 4.07. The van der Waals surface area contributed by atoms with E-state index in [-0.39, 0.29) is 0 Å². The highest BCUT2D eigenvalue weighted by molar-refractivity contribution is 5.79. The SMILES string of the molecule is CCN(CC)CCCCNC(=NCc1ccccc1)N(C)C. The van der Waals surface area contributed by atoms with E-state index in [0.717, 1.165) is 32.1 Å². The van der Waals surface area contributed by atoms with Gasteiger partial charge in [0, 0.05) is 20.6 Å². The Labute approximate surface area is 136 Å². The first-order valence-electron chi connectivity index (χ1n) is 8.39. The molecule has 0 bridgehead atoms. The van der Waals surface area contributed by atoms with Crippen LogP contribution in [-0.4, -0.2) is 56.0 Å². The first-order valence-corrected chi connectivity index (χ1v) is 8.39. The molecule has 1 aromatic rings. The van der Waals surface area contributed by atoms with Crippen LogP contribution in [0.2, 0.25) is 0 Å². The van der Waals surface area contributed by atoms with Gasteiger partial charge in [-0.2, -0.15) is 0 Å². The zero-order chi connectivity index (χ0) is 16.2. The van der Waals surface area contributed by atoms with Gasteiger partial charge in [-0.3, -0.25) is 0 Å². The van der Waals surface area contributed by atoms with E-state index in [4.69, 9.17) is 0 Å². The van der Waals surface area contributed by atoms with Gasteiger partial charge in [-0.25, -0.2) is 4.99 Å². The Kier molecular flexibility index (Phi) is 9.31. The van der Waals surface area contributed by atoms with Crippen LogP contribution in [0.4, 0.5) is 0 Å². The van der Waals surface area contributed by atoms with Gasteiger partial charge in [-0.15, -0.1) is 0 Å². The van der Waals surface area contributed by atoms with Crippen molar-refractivity contribution in [1.29, 1.82) is 0 Å². The molecule has 0 radical (unpaired) electrons. The Morgan fingerprint density at radius 3 is 2.32 bits per heavy atom. The third kappa shape index (κ3) is 7.46. The van der Waals surface area contributed by atoms with E-state index in [9.17, 15) is 0 Å². The number of unbranched alkanes of at least 4 members (excludes halogenated alkanes) is 1. The monoisotopic (exact) mass is 304 g/mol. The first-order chi connectivity index (χ1) is 10.7. The van der Waals surface area contributed by atoms with E-state index in [1.807, 2.05) is 25.1 Å². The zero-order valence-electron chi connectivity index (χ0n) is 14.7. The van der Waals surface area contributed by atoms with Crippen LogP contribution in [0, 0.1) is 0 Å². The zero-order valence-corrected chi connectivity index (χ0v) is 14.7. The van der Waals surface area contributed by atoms with Crippen molar-refractivity contribution in [2.45, 2.75) is 33.2 Å². The van der Waals surface area contributed by atoms with Crippen molar-refractivity contribution < 1.29 is 0 Å². The predicted octanol–water partition coefficient (Wildman–Crippen LogP) is 2.82. The van der Waals surface area contributed by atoms with Crippen LogP contribution in [-0.2, 0) is 6.54 Å². The van der Waals surface area contributed by atoms with Gasteiger partial charge >= 0.3 is 0 Å². The fourth-order valence-electron chi connectivity index (χ4n) is 2.31. The van der Waals surface area contributed by atoms with Crippen molar-refractivity contribution in [2.24, 2.45) is 4.99 Å². The molecule has 1 rings (SSSR count). The van der Waals surface area contributed by atoms with Crippen LogP contribution in [0.25, 0.3) is 0 Å². The summed E-state index contributed by atoms with van der Waals surface area (Å²) in [6.07, 6.45) is 2.41. The van der Waals surface area contributed by atoms with Crippen LogP contribution in [0.5, 0.6) is 0 Å². The Balaban J connectivity index is 2.32. The second-order valence-electron chi connectivity index (χ2n) is 5.68. The summed E-state index contributed by atoms with van der Waals surface area (Å²) in [6.45, 7) is 9.63. The molecule has 0 fully saturated rings. The number of benzene rings is 1. The maximum Gasteiger partial charge on any atom is 0.193 e. The Bertz CT molecular complexity index is 410. The van der Waals surface area contributed by atoms with Crippen molar-refractivity contribution in [3.8, 4) is 0 Å². The van der Waals surface area contributed by atoms with Crippen LogP contribution in [0.15, 0.2) is 35.3 Å².